The second-order valence-corrected chi connectivity index (χ2v) is 8.92. The second kappa shape index (κ2) is 7.70. The van der Waals surface area contributed by atoms with E-state index in [1.807, 2.05) is 6.07 Å². The van der Waals surface area contributed by atoms with Crippen LogP contribution in [0, 0.1) is 0 Å². The fraction of sp³-hybridized carbons (Fsp3) is 0.647. The van der Waals surface area contributed by atoms with Crippen molar-refractivity contribution in [1.82, 2.24) is 14.5 Å². The lowest BCUT2D eigenvalue weighted by Crippen LogP contribution is -2.49. The minimum Gasteiger partial charge on any atom is -0.314 e. The number of nitrogens with one attached hydrogen (secondary N) is 1. The lowest BCUT2D eigenvalue weighted by atomic mass is 10.1. The third kappa shape index (κ3) is 3.78. The second-order valence-electron chi connectivity index (χ2n) is 6.61. The van der Waals surface area contributed by atoms with Crippen LogP contribution in [-0.4, -0.2) is 62.9 Å². The van der Waals surface area contributed by atoms with Crippen LogP contribution < -0.4 is 5.32 Å². The van der Waals surface area contributed by atoms with E-state index in [0.29, 0.717) is 24.2 Å². The van der Waals surface area contributed by atoms with Crippen LogP contribution in [0.25, 0.3) is 0 Å². The van der Waals surface area contributed by atoms with E-state index in [-0.39, 0.29) is 4.90 Å². The third-order valence-electron chi connectivity index (χ3n) is 4.95. The Bertz CT molecular complexity index is 674. The molecule has 5 nitrogen and oxygen atoms in total. The van der Waals surface area contributed by atoms with Gasteiger partial charge in [-0.15, -0.1) is 0 Å². The first-order chi connectivity index (χ1) is 11.5. The number of hydrogen-bond donors (Lipinski definition) is 1. The normalized spacial score (nSPS) is 23.7. The number of nitrogens with zero attached hydrogens (tertiary/aromatic N) is 2. The van der Waals surface area contributed by atoms with Gasteiger partial charge in [0.1, 0.15) is 4.90 Å². The first-order valence-electron chi connectivity index (χ1n) is 8.75. The van der Waals surface area contributed by atoms with E-state index in [2.05, 4.69) is 17.1 Å². The molecule has 1 unspecified atom stereocenters. The minimum atomic E-state index is -3.52. The van der Waals surface area contributed by atoms with Gasteiger partial charge in [0.15, 0.2) is 0 Å². The molecule has 2 aliphatic rings. The van der Waals surface area contributed by atoms with E-state index in [1.165, 1.54) is 0 Å². The molecule has 24 heavy (non-hydrogen) atoms. The Labute approximate surface area is 150 Å². The van der Waals surface area contributed by atoms with Gasteiger partial charge in [0, 0.05) is 45.3 Å². The highest BCUT2D eigenvalue weighted by Gasteiger charge is 2.36. The molecule has 1 atom stereocenters. The Morgan fingerprint density at radius 1 is 1.25 bits per heavy atom. The number of sulfonamides is 1. The van der Waals surface area contributed by atoms with Crippen LogP contribution in [0.3, 0.4) is 0 Å². The first-order valence-corrected chi connectivity index (χ1v) is 10.6. The van der Waals surface area contributed by atoms with Crippen molar-refractivity contribution in [2.24, 2.45) is 0 Å². The van der Waals surface area contributed by atoms with E-state index < -0.39 is 10.0 Å². The van der Waals surface area contributed by atoms with Gasteiger partial charge in [0.2, 0.25) is 10.0 Å². The van der Waals surface area contributed by atoms with Gasteiger partial charge in [-0.3, -0.25) is 4.90 Å². The molecule has 2 saturated heterocycles. The van der Waals surface area contributed by atoms with Crippen LogP contribution in [0.1, 0.15) is 25.3 Å². The lowest BCUT2D eigenvalue weighted by Gasteiger charge is -2.32. The zero-order valence-electron chi connectivity index (χ0n) is 14.2. The number of aryl methyl sites for hydroxylation is 1. The molecule has 1 N–H and O–H groups in total. The van der Waals surface area contributed by atoms with Crippen molar-refractivity contribution in [3.63, 3.8) is 0 Å². The summed E-state index contributed by atoms with van der Waals surface area (Å²) in [6, 6.07) is 5.69. The average Bonchev–Trinajstić information content (AvgIpc) is 3.08. The van der Waals surface area contributed by atoms with Gasteiger partial charge < -0.3 is 5.32 Å². The predicted octanol–water partition coefficient (Wildman–Crippen LogP) is 1.96. The summed E-state index contributed by atoms with van der Waals surface area (Å²) in [4.78, 5) is 2.66. The van der Waals surface area contributed by atoms with Gasteiger partial charge in [-0.25, -0.2) is 8.42 Å². The van der Waals surface area contributed by atoms with Gasteiger partial charge in [-0.05, 0) is 30.5 Å². The quantitative estimate of drug-likeness (QED) is 0.859. The molecule has 1 aromatic carbocycles. The van der Waals surface area contributed by atoms with Crippen LogP contribution in [0.2, 0.25) is 5.02 Å². The predicted molar refractivity (Wildman–Crippen MR) is 97.1 cm³/mol. The Balaban J connectivity index is 1.77. The van der Waals surface area contributed by atoms with E-state index in [9.17, 15) is 8.42 Å². The summed E-state index contributed by atoms with van der Waals surface area (Å²) < 4.78 is 27.7. The van der Waals surface area contributed by atoms with Crippen molar-refractivity contribution in [3.8, 4) is 0 Å². The van der Waals surface area contributed by atoms with Gasteiger partial charge in [0.05, 0.1) is 5.02 Å². The lowest BCUT2D eigenvalue weighted by molar-refractivity contribution is 0.179. The summed E-state index contributed by atoms with van der Waals surface area (Å²) in [5.41, 5.74) is 1.03. The molecule has 1 aromatic rings. The van der Waals surface area contributed by atoms with Gasteiger partial charge >= 0.3 is 0 Å². The van der Waals surface area contributed by atoms with Crippen molar-refractivity contribution in [2.75, 3.05) is 39.3 Å². The number of rotatable bonds is 5. The average molecular weight is 372 g/mol. The molecular weight excluding hydrogens is 346 g/mol. The molecule has 7 heteroatoms. The highest BCUT2D eigenvalue weighted by atomic mass is 35.5. The number of benzene rings is 1. The van der Waals surface area contributed by atoms with E-state index >= 15 is 0 Å². The molecule has 0 bridgehead atoms. The molecule has 0 aromatic heterocycles. The summed E-state index contributed by atoms with van der Waals surface area (Å²) in [5.74, 6) is 0. The highest BCUT2D eigenvalue weighted by molar-refractivity contribution is 7.89. The summed E-state index contributed by atoms with van der Waals surface area (Å²) in [5, 5.41) is 3.66. The summed E-state index contributed by atoms with van der Waals surface area (Å²) in [6.45, 7) is 7.17. The van der Waals surface area contributed by atoms with Crippen molar-refractivity contribution < 1.29 is 8.42 Å². The van der Waals surface area contributed by atoms with Crippen LogP contribution >= 0.6 is 11.6 Å². The third-order valence-corrected chi connectivity index (χ3v) is 7.29. The number of piperazine rings is 1. The topological polar surface area (TPSA) is 52.7 Å². The van der Waals surface area contributed by atoms with Crippen molar-refractivity contribution in [3.05, 3.63) is 28.8 Å². The monoisotopic (exact) mass is 371 g/mol. The molecule has 0 saturated carbocycles. The van der Waals surface area contributed by atoms with Crippen molar-refractivity contribution >= 4 is 21.6 Å². The zero-order valence-corrected chi connectivity index (χ0v) is 15.7. The standard InChI is InChI=1S/C17H26ClN3O2S/c1-2-3-14-4-5-16(18)17(12-14)24(22,23)21-9-6-15(13-21)20-10-7-19-8-11-20/h4-5,12,15,19H,2-3,6-11,13H2,1H3. The molecular formula is C17H26ClN3O2S. The number of halogens is 1. The zero-order chi connectivity index (χ0) is 17.2. The molecule has 0 amide bonds. The summed E-state index contributed by atoms with van der Waals surface area (Å²) in [6.07, 6.45) is 2.74. The van der Waals surface area contributed by atoms with Crippen LogP contribution in [0.15, 0.2) is 23.1 Å². The van der Waals surface area contributed by atoms with E-state index in [0.717, 1.165) is 51.0 Å². The molecule has 2 fully saturated rings. The van der Waals surface area contributed by atoms with Gasteiger partial charge in [-0.1, -0.05) is 31.0 Å². The first kappa shape index (κ1) is 18.1. The van der Waals surface area contributed by atoms with Crippen LogP contribution in [-0.2, 0) is 16.4 Å². The molecule has 134 valence electrons. The maximum Gasteiger partial charge on any atom is 0.244 e. The molecule has 0 aliphatic carbocycles. The Morgan fingerprint density at radius 2 is 2.00 bits per heavy atom. The maximum atomic E-state index is 13.1. The Kier molecular flexibility index (Phi) is 5.82. The SMILES string of the molecule is CCCc1ccc(Cl)c(S(=O)(=O)N2CCC(N3CCNCC3)C2)c1. The minimum absolute atomic E-state index is 0.260. The summed E-state index contributed by atoms with van der Waals surface area (Å²) >= 11 is 6.22. The molecule has 2 heterocycles. The molecule has 0 spiro atoms. The van der Waals surface area contributed by atoms with Gasteiger partial charge in [0.25, 0.3) is 0 Å². The van der Waals surface area contributed by atoms with Crippen LogP contribution in [0.4, 0.5) is 0 Å². The van der Waals surface area contributed by atoms with Gasteiger partial charge in [-0.2, -0.15) is 4.31 Å². The maximum absolute atomic E-state index is 13.1. The Morgan fingerprint density at radius 3 is 2.71 bits per heavy atom. The van der Waals surface area contributed by atoms with E-state index in [4.69, 9.17) is 11.6 Å². The molecule has 3 rings (SSSR count). The molecule has 2 aliphatic heterocycles. The largest absolute Gasteiger partial charge is 0.314 e. The van der Waals surface area contributed by atoms with Crippen molar-refractivity contribution in [2.45, 2.75) is 37.1 Å². The van der Waals surface area contributed by atoms with E-state index in [1.54, 1.807) is 16.4 Å². The number of hydrogen-bond acceptors (Lipinski definition) is 4. The molecule has 0 radical (unpaired) electrons. The Hall–Kier alpha value is -0.660. The summed E-state index contributed by atoms with van der Waals surface area (Å²) in [7, 11) is -3.52. The fourth-order valence-electron chi connectivity index (χ4n) is 3.60. The van der Waals surface area contributed by atoms with Crippen LogP contribution in [0.5, 0.6) is 0 Å². The van der Waals surface area contributed by atoms with Crippen molar-refractivity contribution in [1.29, 1.82) is 0 Å². The fourth-order valence-corrected chi connectivity index (χ4v) is 5.62. The highest BCUT2D eigenvalue weighted by Crippen LogP contribution is 2.29. The smallest absolute Gasteiger partial charge is 0.244 e.